The maximum atomic E-state index is 13.9. The number of nitrogens with zero attached hydrogens (tertiary/aromatic N) is 2. The van der Waals surface area contributed by atoms with Crippen LogP contribution in [0.15, 0.2) is 6.07 Å². The van der Waals surface area contributed by atoms with Crippen LogP contribution in [0.4, 0.5) is 5.69 Å². The second-order valence-electron chi connectivity index (χ2n) is 10.3. The molecular formula is C26H36N2O6S. The summed E-state index contributed by atoms with van der Waals surface area (Å²) in [4.78, 5) is 43.1. The van der Waals surface area contributed by atoms with Crippen LogP contribution in [-0.2, 0) is 14.3 Å². The second-order valence-corrected chi connectivity index (χ2v) is 11.3. The Bertz CT molecular complexity index is 988. The Kier molecular flexibility index (Phi) is 8.97. The molecule has 2 atom stereocenters. The van der Waals surface area contributed by atoms with Gasteiger partial charge in [-0.15, -0.1) is 11.3 Å². The third kappa shape index (κ3) is 6.84. The van der Waals surface area contributed by atoms with Crippen molar-refractivity contribution in [3.8, 4) is 11.8 Å². The first-order valence-electron chi connectivity index (χ1n) is 12.3. The summed E-state index contributed by atoms with van der Waals surface area (Å²) in [6.07, 6.45) is 3.00. The highest BCUT2D eigenvalue weighted by atomic mass is 32.1. The minimum absolute atomic E-state index is 0.0622. The molecule has 3 rings (SSSR count). The molecule has 2 aliphatic rings. The third-order valence-corrected chi connectivity index (χ3v) is 7.26. The molecule has 1 saturated carbocycles. The average Bonchev–Trinajstić information content (AvgIpc) is 3.25. The van der Waals surface area contributed by atoms with Crippen LogP contribution in [-0.4, -0.2) is 71.3 Å². The first kappa shape index (κ1) is 27.2. The van der Waals surface area contributed by atoms with Gasteiger partial charge < -0.3 is 19.8 Å². The lowest BCUT2D eigenvalue weighted by Gasteiger charge is -2.39. The summed E-state index contributed by atoms with van der Waals surface area (Å²) in [6.45, 7) is 8.79. The fourth-order valence-electron chi connectivity index (χ4n) is 4.48. The number of carboxylic acids is 1. The van der Waals surface area contributed by atoms with Crippen molar-refractivity contribution in [2.75, 3.05) is 31.2 Å². The van der Waals surface area contributed by atoms with Crippen LogP contribution in [0.1, 0.15) is 74.3 Å². The maximum Gasteiger partial charge on any atom is 0.348 e. The molecule has 2 heterocycles. The van der Waals surface area contributed by atoms with Gasteiger partial charge in [0.1, 0.15) is 10.9 Å². The van der Waals surface area contributed by atoms with Gasteiger partial charge in [-0.1, -0.05) is 31.1 Å². The van der Waals surface area contributed by atoms with Gasteiger partial charge in [-0.25, -0.2) is 4.79 Å². The number of amides is 2. The van der Waals surface area contributed by atoms with Crippen molar-refractivity contribution in [1.82, 2.24) is 4.90 Å². The summed E-state index contributed by atoms with van der Waals surface area (Å²) in [7, 11) is 0. The Hall–Kier alpha value is -2.41. The SMILES string of the molecule is C[C@H](O)[C@@H](C(=O)N1CCOCC1)N(C(=O)C1CCCCC1)c1cc(C#CC(C)(C)C)sc1C(=O)O. The normalized spacial score (nSPS) is 18.8. The molecule has 192 valence electrons. The van der Waals surface area contributed by atoms with Crippen LogP contribution < -0.4 is 4.90 Å². The summed E-state index contributed by atoms with van der Waals surface area (Å²) in [6, 6.07) is 0.342. The predicted molar refractivity (Wildman–Crippen MR) is 135 cm³/mol. The molecule has 2 amide bonds. The predicted octanol–water partition coefficient (Wildman–Crippen LogP) is 3.37. The van der Waals surface area contributed by atoms with Crippen molar-refractivity contribution in [2.24, 2.45) is 11.3 Å². The van der Waals surface area contributed by atoms with Gasteiger partial charge in [-0.05, 0) is 46.6 Å². The van der Waals surface area contributed by atoms with Crippen LogP contribution in [0.3, 0.4) is 0 Å². The first-order chi connectivity index (χ1) is 16.5. The topological polar surface area (TPSA) is 107 Å². The van der Waals surface area contributed by atoms with Crippen molar-refractivity contribution in [3.63, 3.8) is 0 Å². The van der Waals surface area contributed by atoms with E-state index in [4.69, 9.17) is 4.74 Å². The number of rotatable bonds is 6. The molecule has 1 aromatic heterocycles. The van der Waals surface area contributed by atoms with Crippen molar-refractivity contribution in [1.29, 1.82) is 0 Å². The van der Waals surface area contributed by atoms with E-state index in [1.54, 1.807) is 11.0 Å². The van der Waals surface area contributed by atoms with Gasteiger partial charge in [-0.3, -0.25) is 14.5 Å². The number of thiophene rings is 1. The Morgan fingerprint density at radius 3 is 2.34 bits per heavy atom. The minimum atomic E-state index is -1.24. The number of carboxylic acid groups (broad SMARTS) is 1. The highest BCUT2D eigenvalue weighted by molar-refractivity contribution is 7.15. The number of aromatic carboxylic acids is 1. The van der Waals surface area contributed by atoms with E-state index in [0.717, 1.165) is 30.6 Å². The van der Waals surface area contributed by atoms with Gasteiger partial charge in [0, 0.05) is 24.4 Å². The molecule has 2 fully saturated rings. The summed E-state index contributed by atoms with van der Waals surface area (Å²) < 4.78 is 5.36. The number of aliphatic hydroxyl groups is 1. The number of aliphatic hydroxyl groups excluding tert-OH is 1. The van der Waals surface area contributed by atoms with Crippen molar-refractivity contribution in [3.05, 3.63) is 15.8 Å². The number of anilines is 1. The van der Waals surface area contributed by atoms with E-state index in [0.29, 0.717) is 44.0 Å². The van der Waals surface area contributed by atoms with Gasteiger partial charge in [-0.2, -0.15) is 0 Å². The van der Waals surface area contributed by atoms with E-state index < -0.39 is 24.0 Å². The van der Waals surface area contributed by atoms with Gasteiger partial charge in [0.2, 0.25) is 11.8 Å². The summed E-state index contributed by atoms with van der Waals surface area (Å²) in [5.41, 5.74) is -0.164. The minimum Gasteiger partial charge on any atom is -0.477 e. The zero-order chi connectivity index (χ0) is 25.8. The largest absolute Gasteiger partial charge is 0.477 e. The van der Waals surface area contributed by atoms with Crippen LogP contribution in [0.2, 0.25) is 0 Å². The molecule has 0 aromatic carbocycles. The van der Waals surface area contributed by atoms with Crippen LogP contribution in [0, 0.1) is 23.2 Å². The van der Waals surface area contributed by atoms with Gasteiger partial charge in [0.15, 0.2) is 0 Å². The second kappa shape index (κ2) is 11.5. The lowest BCUT2D eigenvalue weighted by Crippen LogP contribution is -2.59. The Morgan fingerprint density at radius 1 is 1.17 bits per heavy atom. The van der Waals surface area contributed by atoms with E-state index in [-0.39, 0.29) is 27.8 Å². The number of carbonyl (C=O) groups is 3. The summed E-state index contributed by atoms with van der Waals surface area (Å²) >= 11 is 0.984. The van der Waals surface area contributed by atoms with Gasteiger partial charge in [0.25, 0.3) is 0 Å². The zero-order valence-electron chi connectivity index (χ0n) is 21.0. The molecule has 0 spiro atoms. The maximum absolute atomic E-state index is 13.9. The average molecular weight is 505 g/mol. The highest BCUT2D eigenvalue weighted by Gasteiger charge is 2.42. The molecule has 0 bridgehead atoms. The lowest BCUT2D eigenvalue weighted by molar-refractivity contribution is -0.141. The Labute approximate surface area is 211 Å². The van der Waals surface area contributed by atoms with Crippen molar-refractivity contribution < 1.29 is 29.3 Å². The number of hydrogen-bond donors (Lipinski definition) is 2. The number of carbonyl (C=O) groups excluding carboxylic acids is 2. The van der Waals surface area contributed by atoms with Gasteiger partial charge in [0.05, 0.1) is 29.9 Å². The molecule has 0 radical (unpaired) electrons. The molecule has 1 aromatic rings. The molecule has 9 heteroatoms. The first-order valence-corrected chi connectivity index (χ1v) is 13.1. The molecular weight excluding hydrogens is 468 g/mol. The molecule has 0 unspecified atom stereocenters. The molecule has 35 heavy (non-hydrogen) atoms. The van der Waals surface area contributed by atoms with Crippen LogP contribution in [0.5, 0.6) is 0 Å². The molecule has 1 aliphatic heterocycles. The Balaban J connectivity index is 2.12. The molecule has 2 N–H and O–H groups in total. The zero-order valence-corrected chi connectivity index (χ0v) is 21.8. The monoisotopic (exact) mass is 504 g/mol. The number of hydrogen-bond acceptors (Lipinski definition) is 6. The number of ether oxygens (including phenoxy) is 1. The lowest BCUT2D eigenvalue weighted by atomic mass is 9.87. The Morgan fingerprint density at radius 2 is 1.80 bits per heavy atom. The van der Waals surface area contributed by atoms with Crippen molar-refractivity contribution in [2.45, 2.75) is 71.9 Å². The standard InChI is InChI=1S/C26H36N2O6S/c1-17(29)21(24(31)27-12-14-34-15-13-27)28(23(30)18-8-6-5-7-9-18)20-16-19(10-11-26(2,3)4)35-22(20)25(32)33/h16-18,21,29H,5-9,12-15H2,1-4H3,(H,32,33)/t17-,21-/m0/s1. The van der Waals surface area contributed by atoms with Crippen molar-refractivity contribution >= 4 is 34.8 Å². The quantitative estimate of drug-likeness (QED) is 0.576. The molecule has 1 aliphatic carbocycles. The van der Waals surface area contributed by atoms with E-state index in [9.17, 15) is 24.6 Å². The summed E-state index contributed by atoms with van der Waals surface area (Å²) in [5, 5.41) is 20.8. The van der Waals surface area contributed by atoms with E-state index in [1.165, 1.54) is 11.8 Å². The van der Waals surface area contributed by atoms with Crippen LogP contribution in [0.25, 0.3) is 0 Å². The van der Waals surface area contributed by atoms with E-state index >= 15 is 0 Å². The third-order valence-electron chi connectivity index (χ3n) is 6.23. The van der Waals surface area contributed by atoms with Crippen LogP contribution >= 0.6 is 11.3 Å². The smallest absolute Gasteiger partial charge is 0.348 e. The van der Waals surface area contributed by atoms with E-state index in [2.05, 4.69) is 11.8 Å². The summed E-state index contributed by atoms with van der Waals surface area (Å²) in [5.74, 6) is 3.89. The number of morpholine rings is 1. The fourth-order valence-corrected chi connectivity index (χ4v) is 5.32. The molecule has 8 nitrogen and oxygen atoms in total. The van der Waals surface area contributed by atoms with E-state index in [1.807, 2.05) is 20.8 Å². The fraction of sp³-hybridized carbons (Fsp3) is 0.654. The molecule has 1 saturated heterocycles. The van der Waals surface area contributed by atoms with Gasteiger partial charge >= 0.3 is 5.97 Å². The highest BCUT2D eigenvalue weighted by Crippen LogP contribution is 2.36.